The fourth-order valence-corrected chi connectivity index (χ4v) is 3.85. The molecule has 1 aliphatic heterocycles. The molecule has 1 heterocycles. The number of rotatable bonds is 8. The van der Waals surface area contributed by atoms with Crippen LogP contribution in [0.1, 0.15) is 42.9 Å². The van der Waals surface area contributed by atoms with Crippen LogP contribution in [-0.4, -0.2) is 31.6 Å². The smallest absolute Gasteiger partial charge is 0.261 e. The van der Waals surface area contributed by atoms with Crippen LogP contribution in [0.15, 0.2) is 42.5 Å². The van der Waals surface area contributed by atoms with E-state index in [1.807, 2.05) is 26.0 Å². The number of amides is 1. The molecular weight excluding hydrogens is 348 g/mol. The number of ether oxygens (including phenoxy) is 1. The SMILES string of the molecule is CC[C@@H](Oc1ccc(C)cc1C)C(=O)NCCCN1CCCc2ccccc21. The molecule has 0 fully saturated rings. The first-order valence-corrected chi connectivity index (χ1v) is 10.4. The number of nitrogens with zero attached hydrogens (tertiary/aromatic N) is 1. The molecule has 4 nitrogen and oxygen atoms in total. The first kappa shape index (κ1) is 20.2. The number of anilines is 1. The first-order valence-electron chi connectivity index (χ1n) is 10.4. The summed E-state index contributed by atoms with van der Waals surface area (Å²) in [5.74, 6) is 0.763. The van der Waals surface area contributed by atoms with Crippen molar-refractivity contribution in [2.45, 2.75) is 52.6 Å². The van der Waals surface area contributed by atoms with Gasteiger partial charge in [-0.15, -0.1) is 0 Å². The molecule has 0 radical (unpaired) electrons. The second kappa shape index (κ2) is 9.63. The number of fused-ring (bicyclic) bond motifs is 1. The monoisotopic (exact) mass is 380 g/mol. The zero-order valence-corrected chi connectivity index (χ0v) is 17.3. The van der Waals surface area contributed by atoms with Crippen LogP contribution in [0.25, 0.3) is 0 Å². The van der Waals surface area contributed by atoms with E-state index in [2.05, 4.69) is 47.5 Å². The molecule has 0 unspecified atom stereocenters. The van der Waals surface area contributed by atoms with Crippen LogP contribution >= 0.6 is 0 Å². The van der Waals surface area contributed by atoms with Crippen molar-refractivity contribution in [1.29, 1.82) is 0 Å². The van der Waals surface area contributed by atoms with Crippen LogP contribution in [0.5, 0.6) is 5.75 Å². The van der Waals surface area contributed by atoms with Gasteiger partial charge in [0.05, 0.1) is 0 Å². The zero-order chi connectivity index (χ0) is 19.9. The molecule has 28 heavy (non-hydrogen) atoms. The Bertz CT molecular complexity index is 803. The van der Waals surface area contributed by atoms with Crippen molar-refractivity contribution in [1.82, 2.24) is 5.32 Å². The van der Waals surface area contributed by atoms with Gasteiger partial charge >= 0.3 is 0 Å². The average Bonchev–Trinajstić information content (AvgIpc) is 2.70. The minimum atomic E-state index is -0.447. The summed E-state index contributed by atoms with van der Waals surface area (Å²) in [7, 11) is 0. The van der Waals surface area contributed by atoms with Gasteiger partial charge in [-0.05, 0) is 62.8 Å². The van der Waals surface area contributed by atoms with Gasteiger partial charge in [-0.3, -0.25) is 4.79 Å². The summed E-state index contributed by atoms with van der Waals surface area (Å²) in [5, 5.41) is 3.06. The summed E-state index contributed by atoms with van der Waals surface area (Å²) in [5.41, 5.74) is 5.05. The molecule has 0 aliphatic carbocycles. The summed E-state index contributed by atoms with van der Waals surface area (Å²) in [6, 6.07) is 14.7. The maximum Gasteiger partial charge on any atom is 0.261 e. The number of hydrogen-bond acceptors (Lipinski definition) is 3. The molecule has 1 aliphatic rings. The molecule has 0 saturated carbocycles. The standard InChI is InChI=1S/C24H32N2O2/c1-4-22(28-23-13-12-18(2)17-19(23)3)24(27)25-14-8-16-26-15-7-10-20-9-5-6-11-21(20)26/h5-6,9,11-13,17,22H,4,7-8,10,14-16H2,1-3H3,(H,25,27)/t22-/m1/s1. The summed E-state index contributed by atoms with van der Waals surface area (Å²) < 4.78 is 5.98. The van der Waals surface area contributed by atoms with Gasteiger partial charge in [-0.25, -0.2) is 0 Å². The van der Waals surface area contributed by atoms with Gasteiger partial charge in [0.25, 0.3) is 5.91 Å². The van der Waals surface area contributed by atoms with Gasteiger partial charge in [0.1, 0.15) is 5.75 Å². The van der Waals surface area contributed by atoms with Crippen LogP contribution in [-0.2, 0) is 11.2 Å². The van der Waals surface area contributed by atoms with Crippen LogP contribution in [0.2, 0.25) is 0 Å². The summed E-state index contributed by atoms with van der Waals surface area (Å²) in [6.45, 7) is 8.79. The molecule has 0 saturated heterocycles. The Morgan fingerprint density at radius 2 is 2.04 bits per heavy atom. The van der Waals surface area contributed by atoms with E-state index in [0.29, 0.717) is 13.0 Å². The number of benzene rings is 2. The van der Waals surface area contributed by atoms with Gasteiger partial charge in [-0.1, -0.05) is 42.8 Å². The fourth-order valence-electron chi connectivity index (χ4n) is 3.85. The van der Waals surface area contributed by atoms with Crippen LogP contribution in [0, 0.1) is 13.8 Å². The second-order valence-corrected chi connectivity index (χ2v) is 7.65. The number of carbonyl (C=O) groups excluding carboxylic acids is 1. The third-order valence-electron chi connectivity index (χ3n) is 5.37. The largest absolute Gasteiger partial charge is 0.480 e. The molecule has 0 aromatic heterocycles. The van der Waals surface area contributed by atoms with Gasteiger partial charge < -0.3 is 15.0 Å². The van der Waals surface area contributed by atoms with Crippen molar-refractivity contribution in [3.63, 3.8) is 0 Å². The predicted octanol–water partition coefficient (Wildman–Crippen LogP) is 4.42. The fraction of sp³-hybridized carbons (Fsp3) is 0.458. The second-order valence-electron chi connectivity index (χ2n) is 7.65. The molecule has 3 rings (SSSR count). The minimum Gasteiger partial charge on any atom is -0.480 e. The topological polar surface area (TPSA) is 41.6 Å². The average molecular weight is 381 g/mol. The highest BCUT2D eigenvalue weighted by atomic mass is 16.5. The maximum atomic E-state index is 12.6. The third-order valence-corrected chi connectivity index (χ3v) is 5.37. The van der Waals surface area contributed by atoms with Crippen molar-refractivity contribution in [2.24, 2.45) is 0 Å². The molecule has 0 spiro atoms. The van der Waals surface area contributed by atoms with E-state index in [1.54, 1.807) is 0 Å². The van der Waals surface area contributed by atoms with Crippen molar-refractivity contribution in [3.05, 3.63) is 59.2 Å². The number of nitrogens with one attached hydrogen (secondary N) is 1. The Hall–Kier alpha value is -2.49. The lowest BCUT2D eigenvalue weighted by Crippen LogP contribution is -2.39. The lowest BCUT2D eigenvalue weighted by Gasteiger charge is -2.31. The first-order chi connectivity index (χ1) is 13.6. The van der Waals surface area contributed by atoms with E-state index in [0.717, 1.165) is 37.2 Å². The Kier molecular flexibility index (Phi) is 6.96. The molecular formula is C24H32N2O2. The number of aryl methyl sites for hydroxylation is 3. The van der Waals surface area contributed by atoms with E-state index < -0.39 is 6.10 Å². The van der Waals surface area contributed by atoms with Gasteiger partial charge in [0.15, 0.2) is 6.10 Å². The molecule has 1 amide bonds. The van der Waals surface area contributed by atoms with Crippen molar-refractivity contribution in [3.8, 4) is 5.75 Å². The molecule has 2 aromatic carbocycles. The Morgan fingerprint density at radius 1 is 1.21 bits per heavy atom. The van der Waals surface area contributed by atoms with Crippen LogP contribution in [0.4, 0.5) is 5.69 Å². The molecule has 1 atom stereocenters. The summed E-state index contributed by atoms with van der Waals surface area (Å²) in [4.78, 5) is 15.0. The van der Waals surface area contributed by atoms with Gasteiger partial charge in [-0.2, -0.15) is 0 Å². The highest BCUT2D eigenvalue weighted by Crippen LogP contribution is 2.26. The summed E-state index contributed by atoms with van der Waals surface area (Å²) in [6.07, 6.45) is 3.50. The number of hydrogen-bond donors (Lipinski definition) is 1. The van der Waals surface area contributed by atoms with E-state index in [9.17, 15) is 4.79 Å². The molecule has 0 bridgehead atoms. The van der Waals surface area contributed by atoms with Crippen molar-refractivity contribution in [2.75, 3.05) is 24.5 Å². The van der Waals surface area contributed by atoms with Gasteiger partial charge in [0.2, 0.25) is 0 Å². The number of para-hydroxylation sites is 1. The molecule has 4 heteroatoms. The van der Waals surface area contributed by atoms with E-state index >= 15 is 0 Å². The van der Waals surface area contributed by atoms with Crippen molar-refractivity contribution >= 4 is 11.6 Å². The Morgan fingerprint density at radius 3 is 2.82 bits per heavy atom. The minimum absolute atomic E-state index is 0.0264. The van der Waals surface area contributed by atoms with E-state index in [4.69, 9.17) is 4.74 Å². The Labute approximate surface area is 168 Å². The van der Waals surface area contributed by atoms with Crippen LogP contribution in [0.3, 0.4) is 0 Å². The lowest BCUT2D eigenvalue weighted by atomic mass is 10.0. The normalized spacial score (nSPS) is 14.3. The van der Waals surface area contributed by atoms with Crippen LogP contribution < -0.4 is 15.0 Å². The highest BCUT2D eigenvalue weighted by Gasteiger charge is 2.19. The van der Waals surface area contributed by atoms with E-state index in [1.165, 1.54) is 23.2 Å². The highest BCUT2D eigenvalue weighted by molar-refractivity contribution is 5.81. The van der Waals surface area contributed by atoms with Crippen molar-refractivity contribution < 1.29 is 9.53 Å². The predicted molar refractivity (Wildman–Crippen MR) is 115 cm³/mol. The third kappa shape index (κ3) is 5.06. The molecule has 2 aromatic rings. The quantitative estimate of drug-likeness (QED) is 0.689. The molecule has 1 N–H and O–H groups in total. The molecule has 150 valence electrons. The number of carbonyl (C=O) groups is 1. The van der Waals surface area contributed by atoms with Gasteiger partial charge in [0, 0.05) is 25.3 Å². The zero-order valence-electron chi connectivity index (χ0n) is 17.3. The summed E-state index contributed by atoms with van der Waals surface area (Å²) >= 11 is 0. The Balaban J connectivity index is 1.47. The lowest BCUT2D eigenvalue weighted by molar-refractivity contribution is -0.128. The maximum absolute atomic E-state index is 12.6. The van der Waals surface area contributed by atoms with E-state index in [-0.39, 0.29) is 5.91 Å².